The zero-order chi connectivity index (χ0) is 18.3. The summed E-state index contributed by atoms with van der Waals surface area (Å²) in [5, 5.41) is 3.53. The molecule has 2 heterocycles. The fraction of sp³-hybridized carbons (Fsp3) is 0.100. The molecular weight excluding hydrogens is 366 g/mol. The molecule has 4 aromatic rings. The summed E-state index contributed by atoms with van der Waals surface area (Å²) in [4.78, 5) is 18.9. The second kappa shape index (κ2) is 6.59. The summed E-state index contributed by atoms with van der Waals surface area (Å²) in [6, 6.07) is 17.2. The number of halogens is 1. The molecule has 0 spiro atoms. The molecule has 0 saturated heterocycles. The highest BCUT2D eigenvalue weighted by molar-refractivity contribution is 7.17. The number of carbonyl (C=O) groups is 1. The topological polar surface area (TPSA) is 46.9 Å². The minimum atomic E-state index is -0.148. The number of anilines is 1. The highest BCUT2D eigenvalue weighted by atomic mass is 35.5. The second-order valence-electron chi connectivity index (χ2n) is 6.06. The van der Waals surface area contributed by atoms with Crippen molar-refractivity contribution in [1.82, 2.24) is 9.55 Å². The zero-order valence-corrected chi connectivity index (χ0v) is 15.9. The van der Waals surface area contributed by atoms with Crippen molar-refractivity contribution in [2.24, 2.45) is 7.05 Å². The number of thiophene rings is 1. The van der Waals surface area contributed by atoms with Crippen molar-refractivity contribution in [2.75, 3.05) is 5.32 Å². The first kappa shape index (κ1) is 16.8. The molecule has 0 radical (unpaired) electrons. The molecule has 26 heavy (non-hydrogen) atoms. The van der Waals surface area contributed by atoms with Gasteiger partial charge < -0.3 is 9.88 Å². The normalized spacial score (nSPS) is 11.0. The first-order valence-electron chi connectivity index (χ1n) is 8.12. The maximum absolute atomic E-state index is 12.6. The third-order valence-electron chi connectivity index (χ3n) is 4.29. The maximum atomic E-state index is 12.6. The van der Waals surface area contributed by atoms with Crippen LogP contribution in [0.5, 0.6) is 0 Å². The molecule has 0 aliphatic rings. The van der Waals surface area contributed by atoms with Crippen LogP contribution < -0.4 is 5.32 Å². The summed E-state index contributed by atoms with van der Waals surface area (Å²) < 4.78 is 2.05. The molecule has 6 heteroatoms. The lowest BCUT2D eigenvalue weighted by Crippen LogP contribution is -2.11. The van der Waals surface area contributed by atoms with E-state index in [1.807, 2.05) is 67.1 Å². The van der Waals surface area contributed by atoms with Crippen molar-refractivity contribution >= 4 is 45.6 Å². The number of para-hydroxylation sites is 2. The summed E-state index contributed by atoms with van der Waals surface area (Å²) in [5.74, 6) is 0.708. The molecule has 0 aliphatic carbocycles. The van der Waals surface area contributed by atoms with Gasteiger partial charge in [-0.15, -0.1) is 11.3 Å². The van der Waals surface area contributed by atoms with E-state index in [2.05, 4.69) is 10.3 Å². The van der Waals surface area contributed by atoms with Crippen LogP contribution in [0.2, 0.25) is 5.02 Å². The van der Waals surface area contributed by atoms with Gasteiger partial charge >= 0.3 is 0 Å². The number of hydrogen-bond acceptors (Lipinski definition) is 3. The molecule has 0 saturated carbocycles. The Morgan fingerprint density at radius 1 is 1.15 bits per heavy atom. The summed E-state index contributed by atoms with van der Waals surface area (Å²) >= 11 is 7.45. The van der Waals surface area contributed by atoms with Gasteiger partial charge in [0.2, 0.25) is 0 Å². The average Bonchev–Trinajstić information content (AvgIpc) is 3.24. The largest absolute Gasteiger partial charge is 0.326 e. The molecule has 0 aliphatic heterocycles. The fourth-order valence-corrected chi connectivity index (χ4v) is 3.96. The lowest BCUT2D eigenvalue weighted by atomic mass is 10.2. The molecule has 1 N–H and O–H groups in total. The lowest BCUT2D eigenvalue weighted by Gasteiger charge is -2.07. The van der Waals surface area contributed by atoms with Crippen LogP contribution in [-0.4, -0.2) is 15.5 Å². The van der Waals surface area contributed by atoms with Gasteiger partial charge in [0, 0.05) is 17.8 Å². The highest BCUT2D eigenvalue weighted by Gasteiger charge is 2.15. The summed E-state index contributed by atoms with van der Waals surface area (Å²) in [5.41, 5.74) is 3.70. The smallest absolute Gasteiger partial charge is 0.265 e. The number of nitrogens with one attached hydrogen (secondary N) is 1. The van der Waals surface area contributed by atoms with Crippen molar-refractivity contribution in [3.05, 3.63) is 70.1 Å². The van der Waals surface area contributed by atoms with Crippen LogP contribution in [0, 0.1) is 6.92 Å². The lowest BCUT2D eigenvalue weighted by molar-refractivity contribution is 0.103. The van der Waals surface area contributed by atoms with Gasteiger partial charge in [-0.3, -0.25) is 4.79 Å². The molecule has 1 amide bonds. The monoisotopic (exact) mass is 381 g/mol. The van der Waals surface area contributed by atoms with Gasteiger partial charge in [0.1, 0.15) is 0 Å². The first-order valence-corrected chi connectivity index (χ1v) is 9.31. The van der Waals surface area contributed by atoms with E-state index in [1.165, 1.54) is 11.3 Å². The summed E-state index contributed by atoms with van der Waals surface area (Å²) in [6.07, 6.45) is 0. The van der Waals surface area contributed by atoms with E-state index in [-0.39, 0.29) is 5.91 Å². The first-order chi connectivity index (χ1) is 12.5. The van der Waals surface area contributed by atoms with Crippen LogP contribution in [0.4, 0.5) is 5.69 Å². The Labute approximate surface area is 160 Å². The molecule has 0 atom stereocenters. The van der Waals surface area contributed by atoms with Gasteiger partial charge in [0.15, 0.2) is 5.82 Å². The van der Waals surface area contributed by atoms with Crippen molar-refractivity contribution in [3.63, 3.8) is 0 Å². The van der Waals surface area contributed by atoms with E-state index in [0.29, 0.717) is 9.90 Å². The van der Waals surface area contributed by atoms with E-state index in [4.69, 9.17) is 11.6 Å². The summed E-state index contributed by atoms with van der Waals surface area (Å²) in [7, 11) is 1.99. The quantitative estimate of drug-likeness (QED) is 0.508. The highest BCUT2D eigenvalue weighted by Crippen LogP contribution is 2.30. The Bertz CT molecular complexity index is 1130. The Morgan fingerprint density at radius 3 is 2.77 bits per heavy atom. The Balaban J connectivity index is 1.64. The van der Waals surface area contributed by atoms with Crippen molar-refractivity contribution < 1.29 is 4.79 Å². The molecule has 2 aromatic heterocycles. The van der Waals surface area contributed by atoms with E-state index < -0.39 is 0 Å². The number of imidazole rings is 1. The van der Waals surface area contributed by atoms with Crippen LogP contribution in [-0.2, 0) is 7.05 Å². The third-order valence-corrected chi connectivity index (χ3v) is 5.60. The molecule has 4 nitrogen and oxygen atoms in total. The van der Waals surface area contributed by atoms with Gasteiger partial charge in [-0.1, -0.05) is 29.8 Å². The number of aromatic nitrogens is 2. The van der Waals surface area contributed by atoms with Gasteiger partial charge in [-0.2, -0.15) is 0 Å². The number of hydrogen-bond donors (Lipinski definition) is 1. The molecular formula is C20H16ClN3OS. The number of carbonyl (C=O) groups excluding carboxylic acids is 1. The Hall–Kier alpha value is -2.63. The van der Waals surface area contributed by atoms with Crippen LogP contribution in [0.25, 0.3) is 21.7 Å². The number of benzene rings is 2. The molecule has 0 bridgehead atoms. The van der Waals surface area contributed by atoms with E-state index in [0.717, 1.165) is 33.0 Å². The van der Waals surface area contributed by atoms with Gasteiger partial charge in [0.05, 0.1) is 20.8 Å². The zero-order valence-electron chi connectivity index (χ0n) is 14.3. The molecule has 0 unspecified atom stereocenters. The van der Waals surface area contributed by atoms with Gasteiger partial charge in [0.25, 0.3) is 5.91 Å². The van der Waals surface area contributed by atoms with Crippen molar-refractivity contribution in [1.29, 1.82) is 0 Å². The fourth-order valence-electron chi connectivity index (χ4n) is 2.86. The standard InChI is InChI=1S/C20H16ClN3OS/c1-12-7-8-13(21)11-15(12)23-20(25)18-10-9-17(26-18)19-22-14-5-3-4-6-16(14)24(19)2/h3-11H,1-2H3,(H,23,25). The van der Waals surface area contributed by atoms with Crippen LogP contribution >= 0.6 is 22.9 Å². The molecule has 130 valence electrons. The van der Waals surface area contributed by atoms with Gasteiger partial charge in [-0.05, 0) is 48.9 Å². The third kappa shape index (κ3) is 3.00. The predicted octanol–water partition coefficient (Wildman–Crippen LogP) is 5.52. The van der Waals surface area contributed by atoms with Crippen molar-refractivity contribution in [3.8, 4) is 10.7 Å². The number of rotatable bonds is 3. The van der Waals surface area contributed by atoms with Crippen LogP contribution in [0.3, 0.4) is 0 Å². The van der Waals surface area contributed by atoms with Crippen LogP contribution in [0.15, 0.2) is 54.6 Å². The van der Waals surface area contributed by atoms with E-state index in [9.17, 15) is 4.79 Å². The van der Waals surface area contributed by atoms with E-state index in [1.54, 1.807) is 6.07 Å². The Kier molecular flexibility index (Phi) is 4.26. The second-order valence-corrected chi connectivity index (χ2v) is 7.58. The number of nitrogens with zero attached hydrogens (tertiary/aromatic N) is 2. The molecule has 0 fully saturated rings. The Morgan fingerprint density at radius 2 is 1.96 bits per heavy atom. The van der Waals surface area contributed by atoms with E-state index >= 15 is 0 Å². The van der Waals surface area contributed by atoms with Crippen molar-refractivity contribution in [2.45, 2.75) is 6.92 Å². The molecule has 4 rings (SSSR count). The number of aryl methyl sites for hydroxylation is 2. The minimum Gasteiger partial charge on any atom is -0.326 e. The minimum absolute atomic E-state index is 0.148. The number of fused-ring (bicyclic) bond motifs is 1. The SMILES string of the molecule is Cc1ccc(Cl)cc1NC(=O)c1ccc(-c2nc3ccccc3n2C)s1. The maximum Gasteiger partial charge on any atom is 0.265 e. The predicted molar refractivity (Wildman–Crippen MR) is 108 cm³/mol. The van der Waals surface area contributed by atoms with Crippen LogP contribution in [0.1, 0.15) is 15.2 Å². The summed E-state index contributed by atoms with van der Waals surface area (Å²) in [6.45, 7) is 1.94. The number of amides is 1. The average molecular weight is 382 g/mol. The molecule has 2 aromatic carbocycles. The van der Waals surface area contributed by atoms with Gasteiger partial charge in [-0.25, -0.2) is 4.98 Å².